The number of hydrogen-bond donors (Lipinski definition) is 1. The van der Waals surface area contributed by atoms with Gasteiger partial charge in [-0.3, -0.25) is 19.7 Å². The molecule has 0 radical (unpaired) electrons. The molecule has 2 unspecified atom stereocenters. The fourth-order valence-electron chi connectivity index (χ4n) is 3.73. The number of fused-ring (bicyclic) bond motifs is 1. The number of nitrogens with zero attached hydrogens (tertiary/aromatic N) is 3. The Hall–Kier alpha value is -2.79. The summed E-state index contributed by atoms with van der Waals surface area (Å²) in [7, 11) is 0. The van der Waals surface area contributed by atoms with Crippen molar-refractivity contribution in [3.05, 3.63) is 71.7 Å². The molecule has 0 saturated carbocycles. The number of aromatic nitrogens is 2. The van der Waals surface area contributed by atoms with Gasteiger partial charge in [0, 0.05) is 18.1 Å². The third-order valence-corrected chi connectivity index (χ3v) is 5.03. The second-order valence-corrected chi connectivity index (χ2v) is 6.83. The summed E-state index contributed by atoms with van der Waals surface area (Å²) in [5, 5.41) is 10.7. The first-order valence-electron chi connectivity index (χ1n) is 8.90. The number of likely N-dealkylation sites (tertiary alicyclic amines) is 1. The second-order valence-electron chi connectivity index (χ2n) is 6.83. The highest BCUT2D eigenvalue weighted by Crippen LogP contribution is 2.34. The normalized spacial score (nSPS) is 18.9. The van der Waals surface area contributed by atoms with Crippen molar-refractivity contribution < 1.29 is 9.90 Å². The van der Waals surface area contributed by atoms with Crippen LogP contribution in [0.15, 0.2) is 54.7 Å². The van der Waals surface area contributed by atoms with Gasteiger partial charge in [-0.1, -0.05) is 30.3 Å². The molecule has 0 bridgehead atoms. The highest BCUT2D eigenvalue weighted by Gasteiger charge is 2.38. The maximum atomic E-state index is 11.8. The minimum atomic E-state index is -0.777. The van der Waals surface area contributed by atoms with Crippen molar-refractivity contribution in [1.29, 1.82) is 0 Å². The average molecular weight is 347 g/mol. The van der Waals surface area contributed by atoms with Crippen molar-refractivity contribution in [2.75, 3.05) is 6.54 Å². The molecular weight excluding hydrogens is 326 g/mol. The zero-order chi connectivity index (χ0) is 18.1. The summed E-state index contributed by atoms with van der Waals surface area (Å²) < 4.78 is 0. The molecule has 0 spiro atoms. The van der Waals surface area contributed by atoms with Crippen LogP contribution in [0.1, 0.15) is 35.8 Å². The van der Waals surface area contributed by atoms with E-state index in [1.807, 2.05) is 66.6 Å². The Morgan fingerprint density at radius 2 is 1.96 bits per heavy atom. The maximum absolute atomic E-state index is 11.8. The Kier molecular flexibility index (Phi) is 4.39. The minimum absolute atomic E-state index is 0.260. The lowest BCUT2D eigenvalue weighted by molar-refractivity contribution is -0.142. The van der Waals surface area contributed by atoms with Gasteiger partial charge in [0.1, 0.15) is 6.04 Å². The van der Waals surface area contributed by atoms with E-state index < -0.39 is 12.0 Å². The molecule has 1 aromatic carbocycles. The Bertz CT molecular complexity index is 939. The lowest BCUT2D eigenvalue weighted by atomic mass is 10.0. The fraction of sp³-hybridized carbons (Fsp3) is 0.286. The molecular formula is C21H21N3O2. The summed E-state index contributed by atoms with van der Waals surface area (Å²) in [5.74, 6) is -0.777. The number of para-hydroxylation sites is 1. The summed E-state index contributed by atoms with van der Waals surface area (Å²) in [6, 6.07) is 15.2. The van der Waals surface area contributed by atoms with Gasteiger partial charge in [0.15, 0.2) is 0 Å². The van der Waals surface area contributed by atoms with Gasteiger partial charge in [-0.2, -0.15) is 0 Å². The monoisotopic (exact) mass is 347 g/mol. The number of rotatable bonds is 4. The van der Waals surface area contributed by atoms with Crippen molar-refractivity contribution in [2.45, 2.75) is 31.8 Å². The second kappa shape index (κ2) is 6.84. The Morgan fingerprint density at radius 1 is 1.15 bits per heavy atom. The van der Waals surface area contributed by atoms with Gasteiger partial charge in [0.2, 0.25) is 0 Å². The van der Waals surface area contributed by atoms with Crippen molar-refractivity contribution >= 4 is 16.9 Å². The lowest BCUT2D eigenvalue weighted by Gasteiger charge is -2.30. The highest BCUT2D eigenvalue weighted by molar-refractivity contribution is 5.78. The molecule has 26 heavy (non-hydrogen) atoms. The Labute approximate surface area is 152 Å². The molecule has 1 saturated heterocycles. The van der Waals surface area contributed by atoms with E-state index in [1.165, 1.54) is 0 Å². The van der Waals surface area contributed by atoms with Crippen LogP contribution in [0.5, 0.6) is 0 Å². The van der Waals surface area contributed by atoms with E-state index in [0.29, 0.717) is 6.42 Å². The number of hydrogen-bond acceptors (Lipinski definition) is 4. The van der Waals surface area contributed by atoms with Crippen LogP contribution in [0.3, 0.4) is 0 Å². The molecule has 132 valence electrons. The highest BCUT2D eigenvalue weighted by atomic mass is 16.4. The summed E-state index contributed by atoms with van der Waals surface area (Å²) in [4.78, 5) is 23.2. The summed E-state index contributed by atoms with van der Waals surface area (Å²) in [6.45, 7) is 2.72. The van der Waals surface area contributed by atoms with Crippen molar-refractivity contribution in [3.63, 3.8) is 0 Å². The van der Waals surface area contributed by atoms with E-state index in [9.17, 15) is 9.90 Å². The van der Waals surface area contributed by atoms with Crippen molar-refractivity contribution in [3.8, 4) is 0 Å². The topological polar surface area (TPSA) is 66.3 Å². The van der Waals surface area contributed by atoms with E-state index in [0.717, 1.165) is 40.8 Å². The van der Waals surface area contributed by atoms with Crippen molar-refractivity contribution in [2.24, 2.45) is 0 Å². The number of aryl methyl sites for hydroxylation is 1. The van der Waals surface area contributed by atoms with E-state index in [-0.39, 0.29) is 6.04 Å². The molecule has 1 fully saturated rings. The first kappa shape index (κ1) is 16.7. The zero-order valence-electron chi connectivity index (χ0n) is 14.7. The van der Waals surface area contributed by atoms with Gasteiger partial charge >= 0.3 is 5.97 Å². The van der Waals surface area contributed by atoms with Gasteiger partial charge in [0.25, 0.3) is 0 Å². The molecule has 4 rings (SSSR count). The summed E-state index contributed by atoms with van der Waals surface area (Å²) >= 11 is 0. The molecule has 2 atom stereocenters. The lowest BCUT2D eigenvalue weighted by Crippen LogP contribution is -2.39. The first-order valence-corrected chi connectivity index (χ1v) is 8.90. The summed E-state index contributed by atoms with van der Waals surface area (Å²) in [5.41, 5.74) is 3.67. The van der Waals surface area contributed by atoms with Gasteiger partial charge in [-0.05, 0) is 43.5 Å². The SMILES string of the molecule is Cc1ccc(C(c2ccc3ccccc3n2)N2CCCC2C(=O)O)nc1. The molecule has 5 heteroatoms. The van der Waals surface area contributed by atoms with Crippen LogP contribution in [0.4, 0.5) is 0 Å². The van der Waals surface area contributed by atoms with E-state index >= 15 is 0 Å². The number of carboxylic acid groups (broad SMARTS) is 1. The third kappa shape index (κ3) is 3.06. The largest absolute Gasteiger partial charge is 0.480 e. The Morgan fingerprint density at radius 3 is 2.73 bits per heavy atom. The Balaban J connectivity index is 1.83. The van der Waals surface area contributed by atoms with Gasteiger partial charge < -0.3 is 5.11 Å². The van der Waals surface area contributed by atoms with Gasteiger partial charge in [0.05, 0.1) is 22.9 Å². The molecule has 0 aliphatic carbocycles. The van der Waals surface area contributed by atoms with Crippen molar-refractivity contribution in [1.82, 2.24) is 14.9 Å². The number of carbonyl (C=O) groups is 1. The van der Waals surface area contributed by atoms with E-state index in [4.69, 9.17) is 4.98 Å². The molecule has 1 N–H and O–H groups in total. The zero-order valence-corrected chi connectivity index (χ0v) is 14.7. The van der Waals surface area contributed by atoms with Crippen LogP contribution >= 0.6 is 0 Å². The van der Waals surface area contributed by atoms with Crippen LogP contribution in [0.2, 0.25) is 0 Å². The standard InChI is InChI=1S/C21H21N3O2/c1-14-8-10-17(22-13-14)20(24-12-4-7-19(24)21(25)26)18-11-9-15-5-2-3-6-16(15)23-18/h2-3,5-6,8-11,13,19-20H,4,7,12H2,1H3,(H,25,26). The van der Waals surface area contributed by atoms with E-state index in [2.05, 4.69) is 4.98 Å². The quantitative estimate of drug-likeness (QED) is 0.781. The van der Waals surface area contributed by atoms with Crippen LogP contribution in [0.25, 0.3) is 10.9 Å². The molecule has 3 aromatic rings. The minimum Gasteiger partial charge on any atom is -0.480 e. The van der Waals surface area contributed by atoms with Crippen LogP contribution in [-0.2, 0) is 4.79 Å². The van der Waals surface area contributed by atoms with Crippen LogP contribution in [-0.4, -0.2) is 38.5 Å². The van der Waals surface area contributed by atoms with Crippen LogP contribution < -0.4 is 0 Å². The number of pyridine rings is 2. The first-order chi connectivity index (χ1) is 12.6. The molecule has 2 aromatic heterocycles. The predicted molar refractivity (Wildman–Crippen MR) is 99.9 cm³/mol. The van der Waals surface area contributed by atoms with Crippen LogP contribution in [0, 0.1) is 6.92 Å². The van der Waals surface area contributed by atoms with E-state index in [1.54, 1.807) is 0 Å². The molecule has 5 nitrogen and oxygen atoms in total. The average Bonchev–Trinajstić information content (AvgIpc) is 3.13. The third-order valence-electron chi connectivity index (χ3n) is 5.03. The van der Waals surface area contributed by atoms with Gasteiger partial charge in [-0.15, -0.1) is 0 Å². The maximum Gasteiger partial charge on any atom is 0.320 e. The fourth-order valence-corrected chi connectivity index (χ4v) is 3.73. The number of carboxylic acids is 1. The smallest absolute Gasteiger partial charge is 0.320 e. The summed E-state index contributed by atoms with van der Waals surface area (Å²) in [6.07, 6.45) is 3.35. The molecule has 1 aliphatic rings. The predicted octanol–water partition coefficient (Wildman–Crippen LogP) is 3.58. The molecule has 1 aliphatic heterocycles. The number of aliphatic carboxylic acids is 1. The van der Waals surface area contributed by atoms with Gasteiger partial charge in [-0.25, -0.2) is 0 Å². The number of benzene rings is 1. The molecule has 3 heterocycles. The molecule has 0 amide bonds.